The summed E-state index contributed by atoms with van der Waals surface area (Å²) in [4.78, 5) is 0. The molecule has 1 aromatic heterocycles. The molecule has 0 bridgehead atoms. The van der Waals surface area contributed by atoms with Crippen molar-refractivity contribution in [1.29, 1.82) is 0 Å². The van der Waals surface area contributed by atoms with Gasteiger partial charge in [0, 0.05) is 0 Å². The van der Waals surface area contributed by atoms with Crippen molar-refractivity contribution >= 4 is 12.3 Å². The Labute approximate surface area is 106 Å². The van der Waals surface area contributed by atoms with Gasteiger partial charge < -0.3 is 19.1 Å². The first kappa shape index (κ1) is 12.9. The fraction of sp³-hybridized carbons (Fsp3) is 0.462. The van der Waals surface area contributed by atoms with E-state index in [4.69, 9.17) is 13.9 Å². The third kappa shape index (κ3) is 3.21. The summed E-state index contributed by atoms with van der Waals surface area (Å²) in [6.07, 6.45) is 5.99. The number of hydrogen-bond donors (Lipinski definition) is 0. The maximum absolute atomic E-state index is 11.1. The molecule has 18 heavy (non-hydrogen) atoms. The third-order valence-corrected chi connectivity index (χ3v) is 2.51. The fourth-order valence-corrected chi connectivity index (χ4v) is 1.86. The molecule has 0 N–H and O–H groups in total. The first-order valence-electron chi connectivity index (χ1n) is 5.78. The Kier molecular flexibility index (Phi) is 3.54. The van der Waals surface area contributed by atoms with Crippen molar-refractivity contribution in [3.05, 3.63) is 35.4 Å². The molecule has 0 radical (unpaired) electrons. The molecule has 98 valence electrons. The first-order valence-corrected chi connectivity index (χ1v) is 5.78. The number of nitrogens with zero attached hydrogens (tertiary/aromatic N) is 1. The van der Waals surface area contributed by atoms with E-state index in [-0.39, 0.29) is 6.10 Å². The largest absolute Gasteiger partial charge is 0.624 e. The van der Waals surface area contributed by atoms with Crippen molar-refractivity contribution in [3.8, 4) is 0 Å². The Hall–Kier alpha value is -1.59. The lowest BCUT2D eigenvalue weighted by atomic mass is 10.2. The van der Waals surface area contributed by atoms with Crippen molar-refractivity contribution in [3.63, 3.8) is 0 Å². The van der Waals surface area contributed by atoms with Crippen molar-refractivity contribution in [1.82, 2.24) is 0 Å². The minimum Gasteiger partial charge on any atom is -0.624 e. The van der Waals surface area contributed by atoms with Crippen molar-refractivity contribution in [2.75, 3.05) is 7.05 Å². The maximum atomic E-state index is 11.1. The summed E-state index contributed by atoms with van der Waals surface area (Å²) in [7, 11) is 1.42. The summed E-state index contributed by atoms with van der Waals surface area (Å²) in [5, 5.41) is 11.1. The SMILES string of the molecule is C/[N+]([O-])=C\[C@H]1OC(C)(C)O[C@H]1/C=C/c1ccco1. The van der Waals surface area contributed by atoms with Crippen LogP contribution in [0, 0.1) is 5.21 Å². The Balaban J connectivity index is 2.12. The first-order chi connectivity index (χ1) is 8.46. The minimum atomic E-state index is -0.699. The fourth-order valence-electron chi connectivity index (χ4n) is 1.86. The van der Waals surface area contributed by atoms with Gasteiger partial charge in [0.1, 0.15) is 18.9 Å². The van der Waals surface area contributed by atoms with Crippen LogP contribution in [0.1, 0.15) is 19.6 Å². The summed E-state index contributed by atoms with van der Waals surface area (Å²) in [6, 6.07) is 3.65. The van der Waals surface area contributed by atoms with Gasteiger partial charge in [-0.3, -0.25) is 0 Å². The van der Waals surface area contributed by atoms with Crippen molar-refractivity contribution < 1.29 is 18.6 Å². The molecule has 1 aliphatic rings. The van der Waals surface area contributed by atoms with E-state index in [0.29, 0.717) is 0 Å². The minimum absolute atomic E-state index is 0.304. The van der Waals surface area contributed by atoms with Gasteiger partial charge in [0.25, 0.3) is 0 Å². The van der Waals surface area contributed by atoms with Gasteiger partial charge in [-0.05, 0) is 38.1 Å². The molecule has 1 aromatic rings. The number of hydroxylamine groups is 1. The molecule has 0 aliphatic carbocycles. The summed E-state index contributed by atoms with van der Waals surface area (Å²) in [5.41, 5.74) is 0. The van der Waals surface area contributed by atoms with Gasteiger partial charge in [0.2, 0.25) is 0 Å². The van der Waals surface area contributed by atoms with E-state index in [9.17, 15) is 5.21 Å². The molecule has 5 nitrogen and oxygen atoms in total. The smallest absolute Gasteiger partial charge is 0.182 e. The van der Waals surface area contributed by atoms with E-state index in [1.54, 1.807) is 12.3 Å². The summed E-state index contributed by atoms with van der Waals surface area (Å²) >= 11 is 0. The van der Waals surface area contributed by atoms with E-state index in [0.717, 1.165) is 10.5 Å². The summed E-state index contributed by atoms with van der Waals surface area (Å²) in [5.74, 6) is 0.0348. The molecule has 0 amide bonds. The molecule has 0 unspecified atom stereocenters. The lowest BCUT2D eigenvalue weighted by Gasteiger charge is -2.15. The van der Waals surface area contributed by atoms with Crippen LogP contribution in [0.15, 0.2) is 28.9 Å². The third-order valence-electron chi connectivity index (χ3n) is 2.51. The molecule has 0 spiro atoms. The van der Waals surface area contributed by atoms with E-state index < -0.39 is 11.9 Å². The highest BCUT2D eigenvalue weighted by Crippen LogP contribution is 2.28. The lowest BCUT2D eigenvalue weighted by Crippen LogP contribution is -2.25. The Bertz CT molecular complexity index is 444. The van der Waals surface area contributed by atoms with Crippen LogP contribution in [0.2, 0.25) is 0 Å². The van der Waals surface area contributed by atoms with Crippen LogP contribution in [-0.2, 0) is 9.47 Å². The van der Waals surface area contributed by atoms with Crippen LogP contribution in [-0.4, -0.2) is 36.0 Å². The summed E-state index contributed by atoms with van der Waals surface area (Å²) in [6.45, 7) is 3.64. The Morgan fingerprint density at radius 1 is 1.33 bits per heavy atom. The average Bonchev–Trinajstić information content (AvgIpc) is 2.82. The molecular formula is C13H17NO4. The highest BCUT2D eigenvalue weighted by molar-refractivity contribution is 5.61. The zero-order valence-electron chi connectivity index (χ0n) is 10.7. The number of hydrogen-bond acceptors (Lipinski definition) is 4. The second kappa shape index (κ2) is 4.96. The maximum Gasteiger partial charge on any atom is 0.182 e. The van der Waals surface area contributed by atoms with Crippen LogP contribution in [0.25, 0.3) is 6.08 Å². The molecule has 2 rings (SSSR count). The Morgan fingerprint density at radius 2 is 2.06 bits per heavy atom. The van der Waals surface area contributed by atoms with E-state index in [2.05, 4.69) is 0 Å². The van der Waals surface area contributed by atoms with Crippen molar-refractivity contribution in [2.45, 2.75) is 31.8 Å². The molecule has 2 heterocycles. The van der Waals surface area contributed by atoms with Gasteiger partial charge >= 0.3 is 0 Å². The molecular weight excluding hydrogens is 234 g/mol. The molecule has 0 aromatic carbocycles. The zero-order valence-corrected chi connectivity index (χ0v) is 10.7. The predicted molar refractivity (Wildman–Crippen MR) is 67.2 cm³/mol. The standard InChI is InChI=1S/C13H17NO4/c1-13(2)17-11(12(18-13)9-14(3)15)7-6-10-5-4-8-16-10/h4-9,11-12H,1-3H3/b7-6+,14-9+/t11-,12+/m0/s1. The number of furan rings is 1. The van der Waals surface area contributed by atoms with Crippen LogP contribution in [0.5, 0.6) is 0 Å². The quantitative estimate of drug-likeness (QED) is 0.357. The molecule has 1 fully saturated rings. The second-order valence-corrected chi connectivity index (χ2v) is 4.63. The van der Waals surface area contributed by atoms with Gasteiger partial charge in [0.05, 0.1) is 6.26 Å². The summed E-state index contributed by atoms with van der Waals surface area (Å²) < 4.78 is 17.3. The van der Waals surface area contributed by atoms with Gasteiger partial charge in [-0.25, -0.2) is 4.74 Å². The molecule has 1 aliphatic heterocycles. The van der Waals surface area contributed by atoms with Gasteiger partial charge in [-0.15, -0.1) is 0 Å². The molecule has 1 saturated heterocycles. The molecule has 0 saturated carbocycles. The molecule has 2 atom stereocenters. The van der Waals surface area contributed by atoms with Gasteiger partial charge in [0.15, 0.2) is 18.1 Å². The van der Waals surface area contributed by atoms with Crippen LogP contribution in [0.3, 0.4) is 0 Å². The van der Waals surface area contributed by atoms with Crippen LogP contribution >= 0.6 is 0 Å². The second-order valence-electron chi connectivity index (χ2n) is 4.63. The highest BCUT2D eigenvalue weighted by atomic mass is 16.7. The Morgan fingerprint density at radius 3 is 2.67 bits per heavy atom. The van der Waals surface area contributed by atoms with E-state index >= 15 is 0 Å². The number of ether oxygens (including phenoxy) is 2. The van der Waals surface area contributed by atoms with E-state index in [1.165, 1.54) is 13.3 Å². The average molecular weight is 251 g/mol. The van der Waals surface area contributed by atoms with Gasteiger partial charge in [-0.1, -0.05) is 0 Å². The zero-order chi connectivity index (χ0) is 13.2. The predicted octanol–water partition coefficient (Wildman–Crippen LogP) is 2.02. The normalized spacial score (nSPS) is 28.1. The number of rotatable bonds is 3. The van der Waals surface area contributed by atoms with E-state index in [1.807, 2.05) is 32.1 Å². The van der Waals surface area contributed by atoms with Crippen LogP contribution in [0.4, 0.5) is 0 Å². The lowest BCUT2D eigenvalue weighted by molar-refractivity contribution is -0.420. The van der Waals surface area contributed by atoms with Crippen molar-refractivity contribution in [2.24, 2.45) is 0 Å². The van der Waals surface area contributed by atoms with Gasteiger partial charge in [-0.2, -0.15) is 0 Å². The highest BCUT2D eigenvalue weighted by Gasteiger charge is 2.40. The monoisotopic (exact) mass is 251 g/mol. The molecule has 5 heteroatoms. The van der Waals surface area contributed by atoms with Crippen LogP contribution < -0.4 is 0 Å². The topological polar surface area (TPSA) is 57.7 Å².